The first-order valence-corrected chi connectivity index (χ1v) is 8.51. The summed E-state index contributed by atoms with van der Waals surface area (Å²) < 4.78 is 14.7. The second-order valence-electron chi connectivity index (χ2n) is 5.31. The predicted molar refractivity (Wildman–Crippen MR) is 96.2 cm³/mol. The lowest BCUT2D eigenvalue weighted by Gasteiger charge is -2.17. The molecule has 1 rings (SSSR count). The molecule has 0 saturated carbocycles. The maximum atomic E-state index is 12.0. The molecule has 9 heteroatoms. The summed E-state index contributed by atoms with van der Waals surface area (Å²) in [5.74, 6) is -2.46. The number of carbonyl (C=O) groups is 4. The summed E-state index contributed by atoms with van der Waals surface area (Å²) in [6.45, 7) is 6.62. The molecule has 1 unspecified atom stereocenters. The number of nitrogens with one attached hydrogen (secondary N) is 2. The van der Waals surface area contributed by atoms with E-state index in [9.17, 15) is 19.2 Å². The van der Waals surface area contributed by atoms with E-state index in [1.165, 1.54) is 25.1 Å². The van der Waals surface area contributed by atoms with Crippen molar-refractivity contribution in [2.45, 2.75) is 33.7 Å². The lowest BCUT2D eigenvalue weighted by atomic mass is 10.1. The average molecular weight is 380 g/mol. The summed E-state index contributed by atoms with van der Waals surface area (Å²) >= 11 is 0. The highest BCUT2D eigenvalue weighted by Gasteiger charge is 2.24. The van der Waals surface area contributed by atoms with Crippen LogP contribution in [0.3, 0.4) is 0 Å². The van der Waals surface area contributed by atoms with E-state index in [2.05, 4.69) is 10.9 Å². The van der Waals surface area contributed by atoms with Gasteiger partial charge in [0.2, 0.25) is 0 Å². The Morgan fingerprint density at radius 2 is 1.33 bits per heavy atom. The molecule has 0 radical (unpaired) electrons. The van der Waals surface area contributed by atoms with Crippen molar-refractivity contribution in [2.75, 3.05) is 25.2 Å². The monoisotopic (exact) mass is 380 g/mol. The van der Waals surface area contributed by atoms with Crippen LogP contribution in [-0.2, 0) is 23.8 Å². The van der Waals surface area contributed by atoms with E-state index >= 15 is 0 Å². The van der Waals surface area contributed by atoms with Crippen LogP contribution in [0.1, 0.15) is 48.4 Å². The minimum absolute atomic E-state index is 0.113. The summed E-state index contributed by atoms with van der Waals surface area (Å²) in [6.07, 6.45) is 0. The summed E-state index contributed by atoms with van der Waals surface area (Å²) in [6, 6.07) is 2.92. The highest BCUT2D eigenvalue weighted by Crippen LogP contribution is 2.17. The van der Waals surface area contributed by atoms with E-state index < -0.39 is 29.7 Å². The molecule has 148 valence electrons. The third kappa shape index (κ3) is 6.70. The van der Waals surface area contributed by atoms with Crippen LogP contribution in [0, 0.1) is 0 Å². The topological polar surface area (TPSA) is 120 Å². The van der Waals surface area contributed by atoms with Crippen molar-refractivity contribution in [3.05, 3.63) is 29.3 Å². The van der Waals surface area contributed by atoms with Gasteiger partial charge in [0.15, 0.2) is 11.8 Å². The number of carbonyl (C=O) groups excluding carboxylic acids is 4. The van der Waals surface area contributed by atoms with Crippen LogP contribution in [0.15, 0.2) is 18.2 Å². The fourth-order valence-corrected chi connectivity index (χ4v) is 2.07. The molecule has 0 heterocycles. The molecule has 0 saturated heterocycles. The number of ketones is 1. The van der Waals surface area contributed by atoms with Gasteiger partial charge in [-0.2, -0.15) is 0 Å². The fourth-order valence-electron chi connectivity index (χ4n) is 2.07. The zero-order chi connectivity index (χ0) is 20.4. The molecular weight excluding hydrogens is 356 g/mol. The summed E-state index contributed by atoms with van der Waals surface area (Å²) in [5.41, 5.74) is 5.68. The summed E-state index contributed by atoms with van der Waals surface area (Å²) in [7, 11) is 0. The molecular formula is C18H24N2O7. The maximum absolute atomic E-state index is 12.0. The molecule has 0 amide bonds. The molecule has 1 atom stereocenters. The number of benzene rings is 1. The summed E-state index contributed by atoms with van der Waals surface area (Å²) in [5, 5.41) is 0. The van der Waals surface area contributed by atoms with E-state index in [1.54, 1.807) is 20.8 Å². The van der Waals surface area contributed by atoms with Crippen molar-refractivity contribution < 1.29 is 33.4 Å². The highest BCUT2D eigenvalue weighted by atomic mass is 16.5. The van der Waals surface area contributed by atoms with Crippen molar-refractivity contribution in [1.29, 1.82) is 0 Å². The van der Waals surface area contributed by atoms with Crippen molar-refractivity contribution in [3.63, 3.8) is 0 Å². The number of hydrazine groups is 1. The van der Waals surface area contributed by atoms with Gasteiger partial charge in [0.25, 0.3) is 0 Å². The summed E-state index contributed by atoms with van der Waals surface area (Å²) in [4.78, 5) is 47.5. The molecule has 0 fully saturated rings. The second-order valence-corrected chi connectivity index (χ2v) is 5.31. The van der Waals surface area contributed by atoms with Gasteiger partial charge in [-0.15, -0.1) is 0 Å². The van der Waals surface area contributed by atoms with Crippen molar-refractivity contribution in [3.8, 4) is 0 Å². The van der Waals surface area contributed by atoms with E-state index in [0.29, 0.717) is 0 Å². The number of esters is 3. The number of rotatable bonds is 10. The zero-order valence-electron chi connectivity index (χ0n) is 15.8. The number of hydrogen-bond acceptors (Lipinski definition) is 9. The van der Waals surface area contributed by atoms with E-state index in [4.69, 9.17) is 14.2 Å². The molecule has 0 aliphatic carbocycles. The quantitative estimate of drug-likeness (QED) is 0.269. The zero-order valence-corrected chi connectivity index (χ0v) is 15.8. The van der Waals surface area contributed by atoms with Crippen LogP contribution in [-0.4, -0.2) is 49.6 Å². The van der Waals surface area contributed by atoms with Gasteiger partial charge >= 0.3 is 17.9 Å². The van der Waals surface area contributed by atoms with Crippen molar-refractivity contribution in [2.24, 2.45) is 0 Å². The van der Waals surface area contributed by atoms with Crippen LogP contribution < -0.4 is 10.9 Å². The van der Waals surface area contributed by atoms with Gasteiger partial charge in [-0.3, -0.25) is 4.79 Å². The molecule has 0 bridgehead atoms. The van der Waals surface area contributed by atoms with Gasteiger partial charge in [-0.25, -0.2) is 19.8 Å². The molecule has 1 aromatic rings. The SMILES string of the molecule is CCOC(=O)c1cc(NNC(C(C)=O)C(=O)OCC)cc(C(=O)OCC)c1. The Bertz CT molecular complexity index is 667. The second kappa shape index (κ2) is 10.9. The standard InChI is InChI=1S/C18H24N2O7/c1-5-25-16(22)12-8-13(17(23)26-6-2)10-14(9-12)19-20-15(11(4)21)18(24)27-7-3/h8-10,15,19-20H,5-7H2,1-4H3. The van der Waals surface area contributed by atoms with Crippen molar-refractivity contribution in [1.82, 2.24) is 5.43 Å². The van der Waals surface area contributed by atoms with Gasteiger partial charge in [-0.05, 0) is 45.9 Å². The van der Waals surface area contributed by atoms with Crippen molar-refractivity contribution >= 4 is 29.4 Å². The van der Waals surface area contributed by atoms with Crippen LogP contribution >= 0.6 is 0 Å². The lowest BCUT2D eigenvalue weighted by Crippen LogP contribution is -2.46. The molecule has 2 N–H and O–H groups in total. The molecule has 1 aromatic carbocycles. The number of anilines is 1. The third-order valence-electron chi connectivity index (χ3n) is 3.24. The smallest absolute Gasteiger partial charge is 0.338 e. The Balaban J connectivity index is 3.09. The van der Waals surface area contributed by atoms with Gasteiger partial charge in [0, 0.05) is 0 Å². The van der Waals surface area contributed by atoms with Gasteiger partial charge in [0.05, 0.1) is 36.6 Å². The Hall–Kier alpha value is -2.94. The van der Waals surface area contributed by atoms with Crippen LogP contribution in [0.2, 0.25) is 0 Å². The Morgan fingerprint density at radius 1 is 0.852 bits per heavy atom. The number of Topliss-reactive ketones (excluding diaryl/α,β-unsaturated/α-hetero) is 1. The third-order valence-corrected chi connectivity index (χ3v) is 3.24. The minimum atomic E-state index is -1.25. The molecule has 27 heavy (non-hydrogen) atoms. The van der Waals surface area contributed by atoms with Gasteiger partial charge in [-0.1, -0.05) is 0 Å². The van der Waals surface area contributed by atoms with E-state index in [1.807, 2.05) is 0 Å². The maximum Gasteiger partial charge on any atom is 0.338 e. The Kier molecular flexibility index (Phi) is 8.94. The van der Waals surface area contributed by atoms with E-state index in [0.717, 1.165) is 0 Å². The molecule has 0 aliphatic heterocycles. The normalized spacial score (nSPS) is 11.3. The van der Waals surface area contributed by atoms with Crippen LogP contribution in [0.4, 0.5) is 5.69 Å². The first-order valence-electron chi connectivity index (χ1n) is 8.51. The van der Waals surface area contributed by atoms with Gasteiger partial charge in [0.1, 0.15) is 0 Å². The predicted octanol–water partition coefficient (Wildman–Crippen LogP) is 1.48. The first-order chi connectivity index (χ1) is 12.8. The molecule has 0 spiro atoms. The Morgan fingerprint density at radius 3 is 1.74 bits per heavy atom. The van der Waals surface area contributed by atoms with E-state index in [-0.39, 0.29) is 36.6 Å². The number of hydrogen-bond donors (Lipinski definition) is 2. The van der Waals surface area contributed by atoms with Crippen LogP contribution in [0.5, 0.6) is 0 Å². The molecule has 0 aromatic heterocycles. The average Bonchev–Trinajstić information content (AvgIpc) is 2.62. The van der Waals surface area contributed by atoms with Crippen LogP contribution in [0.25, 0.3) is 0 Å². The first kappa shape index (κ1) is 22.1. The fraction of sp³-hybridized carbons (Fsp3) is 0.444. The highest BCUT2D eigenvalue weighted by molar-refractivity contribution is 6.02. The van der Waals surface area contributed by atoms with Gasteiger partial charge < -0.3 is 19.6 Å². The minimum Gasteiger partial charge on any atom is -0.464 e. The lowest BCUT2D eigenvalue weighted by molar-refractivity contribution is -0.148. The number of ether oxygens (including phenoxy) is 3. The molecule has 0 aliphatic rings. The molecule has 9 nitrogen and oxygen atoms in total. The Labute approximate surface area is 157 Å². The largest absolute Gasteiger partial charge is 0.464 e.